The van der Waals surface area contributed by atoms with E-state index in [1.165, 1.54) is 12.8 Å². The molecule has 0 radical (unpaired) electrons. The van der Waals surface area contributed by atoms with E-state index in [4.69, 9.17) is 9.51 Å². The predicted molar refractivity (Wildman–Crippen MR) is 106 cm³/mol. The maximum absolute atomic E-state index is 13.1. The maximum Gasteiger partial charge on any atom is 0.259 e. The van der Waals surface area contributed by atoms with Crippen molar-refractivity contribution in [3.63, 3.8) is 0 Å². The van der Waals surface area contributed by atoms with Crippen molar-refractivity contribution >= 4 is 5.91 Å². The van der Waals surface area contributed by atoms with Crippen molar-refractivity contribution in [2.75, 3.05) is 13.1 Å². The van der Waals surface area contributed by atoms with Gasteiger partial charge in [0.15, 0.2) is 5.82 Å². The molecule has 1 aliphatic carbocycles. The summed E-state index contributed by atoms with van der Waals surface area (Å²) in [5.74, 6) is 2.42. The zero-order valence-electron chi connectivity index (χ0n) is 16.9. The number of rotatable bonds is 7. The molecule has 6 heteroatoms. The highest BCUT2D eigenvalue weighted by molar-refractivity contribution is 5.79. The quantitative estimate of drug-likeness (QED) is 0.717. The SMILES string of the molecule is CCC(CC)C(=O)N1CCCC(CC2CC2)(c2noc(-c3cccnc3)n2)C1. The van der Waals surface area contributed by atoms with Gasteiger partial charge in [-0.1, -0.05) is 31.8 Å². The fraction of sp³-hybridized carbons (Fsp3) is 0.636. The van der Waals surface area contributed by atoms with Crippen LogP contribution in [-0.2, 0) is 10.2 Å². The number of carbonyl (C=O) groups excluding carboxylic acids is 1. The van der Waals surface area contributed by atoms with Crippen molar-refractivity contribution in [2.24, 2.45) is 11.8 Å². The van der Waals surface area contributed by atoms with Gasteiger partial charge in [0.2, 0.25) is 5.91 Å². The van der Waals surface area contributed by atoms with Crippen LogP contribution in [0.1, 0.15) is 64.6 Å². The van der Waals surface area contributed by atoms with Crippen molar-refractivity contribution in [1.29, 1.82) is 0 Å². The van der Waals surface area contributed by atoms with E-state index in [0.717, 1.165) is 56.0 Å². The van der Waals surface area contributed by atoms with E-state index in [9.17, 15) is 4.79 Å². The molecule has 3 heterocycles. The fourth-order valence-corrected chi connectivity index (χ4v) is 4.58. The van der Waals surface area contributed by atoms with Crippen LogP contribution in [0.2, 0.25) is 0 Å². The second-order valence-electron chi connectivity index (χ2n) is 8.47. The number of hydrogen-bond donors (Lipinski definition) is 0. The minimum atomic E-state index is -0.189. The van der Waals surface area contributed by atoms with Gasteiger partial charge < -0.3 is 9.42 Å². The molecule has 1 aliphatic heterocycles. The van der Waals surface area contributed by atoms with Gasteiger partial charge >= 0.3 is 0 Å². The number of amides is 1. The molecule has 1 saturated carbocycles. The van der Waals surface area contributed by atoms with Gasteiger partial charge in [-0.25, -0.2) is 0 Å². The number of pyridine rings is 1. The van der Waals surface area contributed by atoms with Crippen LogP contribution < -0.4 is 0 Å². The molecule has 0 aromatic carbocycles. The Morgan fingerprint density at radius 2 is 2.18 bits per heavy atom. The monoisotopic (exact) mass is 382 g/mol. The predicted octanol–water partition coefficient (Wildman–Crippen LogP) is 4.23. The standard InChI is InChI=1S/C22H30N4O2/c1-3-17(4-2)20(27)26-12-6-10-22(15-26,13-16-8-9-16)21-24-19(28-25-21)18-7-5-11-23-14-18/h5,7,11,14,16-17H,3-4,6,8-10,12-13,15H2,1-2H3. The summed E-state index contributed by atoms with van der Waals surface area (Å²) >= 11 is 0. The number of likely N-dealkylation sites (tertiary alicyclic amines) is 1. The molecule has 150 valence electrons. The highest BCUT2D eigenvalue weighted by Crippen LogP contribution is 2.46. The highest BCUT2D eigenvalue weighted by atomic mass is 16.5. The highest BCUT2D eigenvalue weighted by Gasteiger charge is 2.46. The Morgan fingerprint density at radius 3 is 2.86 bits per heavy atom. The fourth-order valence-electron chi connectivity index (χ4n) is 4.58. The van der Waals surface area contributed by atoms with E-state index in [-0.39, 0.29) is 11.3 Å². The van der Waals surface area contributed by atoms with Crippen molar-refractivity contribution in [3.05, 3.63) is 30.4 Å². The molecule has 6 nitrogen and oxygen atoms in total. The van der Waals surface area contributed by atoms with E-state index in [0.29, 0.717) is 18.3 Å². The van der Waals surface area contributed by atoms with Gasteiger partial charge in [-0.05, 0) is 50.2 Å². The zero-order chi connectivity index (χ0) is 19.6. The maximum atomic E-state index is 13.1. The summed E-state index contributed by atoms with van der Waals surface area (Å²) in [4.78, 5) is 24.1. The molecule has 0 N–H and O–H groups in total. The molecule has 1 atom stereocenters. The van der Waals surface area contributed by atoms with Crippen molar-refractivity contribution < 1.29 is 9.32 Å². The summed E-state index contributed by atoms with van der Waals surface area (Å²) in [6.45, 7) is 5.76. The Labute approximate surface area is 166 Å². The second-order valence-corrected chi connectivity index (χ2v) is 8.47. The Bertz CT molecular complexity index is 798. The van der Waals surface area contributed by atoms with Crippen LogP contribution in [0, 0.1) is 11.8 Å². The first-order chi connectivity index (χ1) is 13.6. The average molecular weight is 383 g/mol. The number of nitrogens with zero attached hydrogens (tertiary/aromatic N) is 4. The Hall–Kier alpha value is -2.24. The smallest absolute Gasteiger partial charge is 0.259 e. The zero-order valence-corrected chi connectivity index (χ0v) is 16.9. The number of carbonyl (C=O) groups is 1. The number of hydrogen-bond acceptors (Lipinski definition) is 5. The summed E-state index contributed by atoms with van der Waals surface area (Å²) in [6.07, 6.45) is 10.9. The van der Waals surface area contributed by atoms with Gasteiger partial charge in [0.25, 0.3) is 5.89 Å². The van der Waals surface area contributed by atoms with E-state index < -0.39 is 0 Å². The molecule has 1 saturated heterocycles. The second kappa shape index (κ2) is 8.02. The molecule has 4 rings (SSSR count). The Balaban J connectivity index is 1.62. The molecule has 2 aromatic rings. The van der Waals surface area contributed by atoms with E-state index in [1.54, 1.807) is 12.4 Å². The van der Waals surface area contributed by atoms with Gasteiger partial charge in [0.1, 0.15) is 0 Å². The van der Waals surface area contributed by atoms with Crippen molar-refractivity contribution in [2.45, 2.75) is 64.2 Å². The summed E-state index contributed by atoms with van der Waals surface area (Å²) in [6, 6.07) is 3.80. The first-order valence-corrected chi connectivity index (χ1v) is 10.7. The summed E-state index contributed by atoms with van der Waals surface area (Å²) in [5.41, 5.74) is 0.647. The Kier molecular flexibility index (Phi) is 5.47. The molecule has 2 aliphatic rings. The third kappa shape index (κ3) is 3.82. The lowest BCUT2D eigenvalue weighted by Crippen LogP contribution is -2.50. The molecule has 1 unspecified atom stereocenters. The van der Waals surface area contributed by atoms with Crippen molar-refractivity contribution in [3.8, 4) is 11.5 Å². The third-order valence-corrected chi connectivity index (χ3v) is 6.41. The summed E-state index contributed by atoms with van der Waals surface area (Å²) < 4.78 is 5.61. The normalized spacial score (nSPS) is 22.6. The Morgan fingerprint density at radius 1 is 1.36 bits per heavy atom. The minimum absolute atomic E-state index is 0.118. The minimum Gasteiger partial charge on any atom is -0.341 e. The molecular weight excluding hydrogens is 352 g/mol. The van der Waals surface area contributed by atoms with Crippen LogP contribution in [-0.4, -0.2) is 39.0 Å². The molecular formula is C22H30N4O2. The lowest BCUT2D eigenvalue weighted by molar-refractivity contribution is -0.138. The van der Waals surface area contributed by atoms with Gasteiger partial charge in [0, 0.05) is 31.4 Å². The number of aromatic nitrogens is 3. The van der Waals surface area contributed by atoms with E-state index in [1.807, 2.05) is 12.1 Å². The number of piperidine rings is 1. The molecule has 0 spiro atoms. The van der Waals surface area contributed by atoms with Crippen LogP contribution in [0.5, 0.6) is 0 Å². The van der Waals surface area contributed by atoms with Crippen molar-refractivity contribution in [1.82, 2.24) is 20.0 Å². The third-order valence-electron chi connectivity index (χ3n) is 6.41. The molecule has 2 aromatic heterocycles. The van der Waals surface area contributed by atoms with Gasteiger partial charge in [0.05, 0.1) is 11.0 Å². The van der Waals surface area contributed by atoms with E-state index >= 15 is 0 Å². The molecule has 1 amide bonds. The topological polar surface area (TPSA) is 72.1 Å². The van der Waals surface area contributed by atoms with Crippen LogP contribution in [0.4, 0.5) is 0 Å². The lowest BCUT2D eigenvalue weighted by Gasteiger charge is -2.42. The van der Waals surface area contributed by atoms with Gasteiger partial charge in [-0.15, -0.1) is 0 Å². The largest absolute Gasteiger partial charge is 0.341 e. The first kappa shape index (κ1) is 19.1. The average Bonchev–Trinajstić information content (AvgIpc) is 3.39. The van der Waals surface area contributed by atoms with Crippen LogP contribution in [0.15, 0.2) is 29.0 Å². The molecule has 28 heavy (non-hydrogen) atoms. The summed E-state index contributed by atoms with van der Waals surface area (Å²) in [7, 11) is 0. The van der Waals surface area contributed by atoms with E-state index in [2.05, 4.69) is 28.9 Å². The lowest BCUT2D eigenvalue weighted by atomic mass is 9.74. The molecule has 2 fully saturated rings. The van der Waals surface area contributed by atoms with Crippen LogP contribution >= 0.6 is 0 Å². The first-order valence-electron chi connectivity index (χ1n) is 10.7. The van der Waals surface area contributed by atoms with Crippen LogP contribution in [0.3, 0.4) is 0 Å². The van der Waals surface area contributed by atoms with Gasteiger partial charge in [-0.2, -0.15) is 4.98 Å². The molecule has 0 bridgehead atoms. The van der Waals surface area contributed by atoms with Gasteiger partial charge in [-0.3, -0.25) is 9.78 Å². The van der Waals surface area contributed by atoms with Crippen LogP contribution in [0.25, 0.3) is 11.5 Å². The summed E-state index contributed by atoms with van der Waals surface area (Å²) in [5, 5.41) is 4.40.